The number of rotatable bonds is 13. The Labute approximate surface area is 106 Å². The van der Waals surface area contributed by atoms with Gasteiger partial charge in [-0.2, -0.15) is 0 Å². The molecule has 0 saturated heterocycles. The van der Waals surface area contributed by atoms with E-state index in [4.69, 9.17) is 14.2 Å². The maximum absolute atomic E-state index is 5.60. The second-order valence-corrected chi connectivity index (χ2v) is 4.05. The summed E-state index contributed by atoms with van der Waals surface area (Å²) >= 11 is 0. The Morgan fingerprint density at radius 2 is 1.82 bits per heavy atom. The van der Waals surface area contributed by atoms with Gasteiger partial charge in [-0.1, -0.05) is 6.92 Å². The van der Waals surface area contributed by atoms with Crippen molar-refractivity contribution in [1.29, 1.82) is 0 Å². The second kappa shape index (κ2) is 13.9. The molecule has 0 bridgehead atoms. The zero-order valence-electron chi connectivity index (χ0n) is 11.7. The van der Waals surface area contributed by atoms with Crippen LogP contribution in [0.5, 0.6) is 0 Å². The van der Waals surface area contributed by atoms with E-state index in [-0.39, 0.29) is 6.10 Å². The number of hydrogen-bond donors (Lipinski definition) is 1. The van der Waals surface area contributed by atoms with Gasteiger partial charge < -0.3 is 19.5 Å². The highest BCUT2D eigenvalue weighted by Gasteiger charge is 2.00. The molecule has 104 valence electrons. The molecule has 0 aromatic carbocycles. The Hall–Kier alpha value is -0.160. The van der Waals surface area contributed by atoms with E-state index in [9.17, 15) is 0 Å². The molecule has 0 aliphatic carbocycles. The molecule has 0 aromatic heterocycles. The molecule has 0 aliphatic rings. The molecule has 4 nitrogen and oxygen atoms in total. The van der Waals surface area contributed by atoms with Crippen LogP contribution in [0, 0.1) is 0 Å². The van der Waals surface area contributed by atoms with Crippen molar-refractivity contribution in [3.63, 3.8) is 0 Å². The maximum atomic E-state index is 5.60. The molecule has 0 heterocycles. The molecular weight excluding hydrogens is 218 g/mol. The summed E-state index contributed by atoms with van der Waals surface area (Å²) in [6.45, 7) is 11.9. The normalized spacial score (nSPS) is 12.9. The summed E-state index contributed by atoms with van der Waals surface area (Å²) in [5.41, 5.74) is 0. The fourth-order valence-corrected chi connectivity index (χ4v) is 1.36. The van der Waals surface area contributed by atoms with Gasteiger partial charge in [0.25, 0.3) is 0 Å². The lowest BCUT2D eigenvalue weighted by atomic mass is 10.3. The standard InChI is InChI=1S/C13H29NO3/c1-4-8-16-10-11-17-13(3)12-14-7-6-9-15-5-2/h13-14H,4-12H2,1-3H3. The van der Waals surface area contributed by atoms with Crippen LogP contribution in [0.1, 0.15) is 33.6 Å². The van der Waals surface area contributed by atoms with E-state index >= 15 is 0 Å². The van der Waals surface area contributed by atoms with Gasteiger partial charge in [0.05, 0.1) is 19.3 Å². The van der Waals surface area contributed by atoms with Gasteiger partial charge in [0.2, 0.25) is 0 Å². The summed E-state index contributed by atoms with van der Waals surface area (Å²) < 4.78 is 16.2. The van der Waals surface area contributed by atoms with E-state index < -0.39 is 0 Å². The third-order valence-electron chi connectivity index (χ3n) is 2.26. The molecule has 1 atom stereocenters. The second-order valence-electron chi connectivity index (χ2n) is 4.05. The van der Waals surface area contributed by atoms with Crippen LogP contribution in [0.4, 0.5) is 0 Å². The summed E-state index contributed by atoms with van der Waals surface area (Å²) in [4.78, 5) is 0. The van der Waals surface area contributed by atoms with E-state index in [1.807, 2.05) is 6.92 Å². The molecule has 0 saturated carbocycles. The topological polar surface area (TPSA) is 39.7 Å². The Morgan fingerprint density at radius 3 is 2.53 bits per heavy atom. The molecule has 0 spiro atoms. The molecule has 1 N–H and O–H groups in total. The molecule has 0 aromatic rings. The summed E-state index contributed by atoms with van der Waals surface area (Å²) in [6, 6.07) is 0. The summed E-state index contributed by atoms with van der Waals surface area (Å²) in [5, 5.41) is 3.35. The number of ether oxygens (including phenoxy) is 3. The van der Waals surface area contributed by atoms with Crippen LogP contribution in [-0.2, 0) is 14.2 Å². The average molecular weight is 247 g/mol. The van der Waals surface area contributed by atoms with Gasteiger partial charge in [-0.25, -0.2) is 0 Å². The predicted octanol–water partition coefficient (Wildman–Crippen LogP) is 1.83. The fourth-order valence-electron chi connectivity index (χ4n) is 1.36. The van der Waals surface area contributed by atoms with Crippen molar-refractivity contribution in [2.45, 2.75) is 39.7 Å². The Bertz CT molecular complexity index is 145. The Morgan fingerprint density at radius 1 is 1.00 bits per heavy atom. The minimum atomic E-state index is 0.243. The van der Waals surface area contributed by atoms with Crippen molar-refractivity contribution in [3.05, 3.63) is 0 Å². The van der Waals surface area contributed by atoms with Crippen molar-refractivity contribution in [2.24, 2.45) is 0 Å². The van der Waals surface area contributed by atoms with Gasteiger partial charge in [-0.15, -0.1) is 0 Å². The van der Waals surface area contributed by atoms with Crippen LogP contribution >= 0.6 is 0 Å². The quantitative estimate of drug-likeness (QED) is 0.504. The molecule has 0 fully saturated rings. The van der Waals surface area contributed by atoms with Crippen molar-refractivity contribution in [1.82, 2.24) is 5.32 Å². The molecule has 1 unspecified atom stereocenters. The predicted molar refractivity (Wildman–Crippen MR) is 70.5 cm³/mol. The molecule has 17 heavy (non-hydrogen) atoms. The van der Waals surface area contributed by atoms with Gasteiger partial charge in [-0.05, 0) is 33.2 Å². The smallest absolute Gasteiger partial charge is 0.0704 e. The zero-order valence-corrected chi connectivity index (χ0v) is 11.7. The minimum absolute atomic E-state index is 0.243. The largest absolute Gasteiger partial charge is 0.382 e. The first kappa shape index (κ1) is 16.8. The third kappa shape index (κ3) is 13.8. The highest BCUT2D eigenvalue weighted by atomic mass is 16.5. The van der Waals surface area contributed by atoms with Crippen LogP contribution in [-0.4, -0.2) is 52.2 Å². The van der Waals surface area contributed by atoms with Crippen molar-refractivity contribution < 1.29 is 14.2 Å². The number of nitrogens with one attached hydrogen (secondary N) is 1. The lowest BCUT2D eigenvalue weighted by Crippen LogP contribution is -2.29. The summed E-state index contributed by atoms with van der Waals surface area (Å²) in [7, 11) is 0. The monoisotopic (exact) mass is 247 g/mol. The Kier molecular flexibility index (Phi) is 13.8. The van der Waals surface area contributed by atoms with E-state index in [0.717, 1.165) is 45.8 Å². The highest BCUT2D eigenvalue weighted by molar-refractivity contribution is 4.55. The van der Waals surface area contributed by atoms with Crippen LogP contribution in [0.3, 0.4) is 0 Å². The fraction of sp³-hybridized carbons (Fsp3) is 1.00. The molecule has 0 amide bonds. The minimum Gasteiger partial charge on any atom is -0.382 e. The first-order chi connectivity index (χ1) is 8.31. The van der Waals surface area contributed by atoms with E-state index in [2.05, 4.69) is 19.2 Å². The van der Waals surface area contributed by atoms with Gasteiger partial charge in [0, 0.05) is 26.4 Å². The van der Waals surface area contributed by atoms with Crippen LogP contribution < -0.4 is 5.32 Å². The van der Waals surface area contributed by atoms with E-state index in [1.165, 1.54) is 0 Å². The lowest BCUT2D eigenvalue weighted by Gasteiger charge is -2.14. The van der Waals surface area contributed by atoms with Gasteiger partial charge >= 0.3 is 0 Å². The van der Waals surface area contributed by atoms with Crippen LogP contribution in [0.25, 0.3) is 0 Å². The van der Waals surface area contributed by atoms with Crippen LogP contribution in [0.2, 0.25) is 0 Å². The van der Waals surface area contributed by atoms with Crippen molar-refractivity contribution in [3.8, 4) is 0 Å². The van der Waals surface area contributed by atoms with Gasteiger partial charge in [0.1, 0.15) is 0 Å². The summed E-state index contributed by atoms with van der Waals surface area (Å²) in [5.74, 6) is 0. The average Bonchev–Trinajstić information content (AvgIpc) is 2.33. The first-order valence-corrected chi connectivity index (χ1v) is 6.79. The molecule has 4 heteroatoms. The third-order valence-corrected chi connectivity index (χ3v) is 2.26. The van der Waals surface area contributed by atoms with Crippen molar-refractivity contribution in [2.75, 3.05) is 46.1 Å². The first-order valence-electron chi connectivity index (χ1n) is 6.79. The van der Waals surface area contributed by atoms with Crippen molar-refractivity contribution >= 4 is 0 Å². The zero-order chi connectivity index (χ0) is 12.8. The van der Waals surface area contributed by atoms with E-state index in [0.29, 0.717) is 13.2 Å². The molecule has 0 rings (SSSR count). The van der Waals surface area contributed by atoms with E-state index in [1.54, 1.807) is 0 Å². The van der Waals surface area contributed by atoms with Gasteiger partial charge in [0.15, 0.2) is 0 Å². The SMILES string of the molecule is CCCOCCOC(C)CNCCCOCC. The lowest BCUT2D eigenvalue weighted by molar-refractivity contribution is 0.0128. The molecular formula is C13H29NO3. The number of hydrogen-bond acceptors (Lipinski definition) is 4. The highest BCUT2D eigenvalue weighted by Crippen LogP contribution is 1.90. The van der Waals surface area contributed by atoms with Crippen LogP contribution in [0.15, 0.2) is 0 Å². The van der Waals surface area contributed by atoms with Gasteiger partial charge in [-0.3, -0.25) is 0 Å². The summed E-state index contributed by atoms with van der Waals surface area (Å²) in [6.07, 6.45) is 2.37. The Balaban J connectivity index is 3.09. The maximum Gasteiger partial charge on any atom is 0.0704 e. The molecule has 0 radical (unpaired) electrons. The molecule has 0 aliphatic heterocycles.